The van der Waals surface area contributed by atoms with Crippen molar-refractivity contribution in [2.45, 2.75) is 10.4 Å². The second-order valence-electron chi connectivity index (χ2n) is 7.35. The van der Waals surface area contributed by atoms with Crippen molar-refractivity contribution in [3.8, 4) is 11.5 Å². The van der Waals surface area contributed by atoms with Gasteiger partial charge in [0.25, 0.3) is 5.91 Å². The number of pyridine rings is 1. The third-order valence-corrected chi connectivity index (χ3v) is 5.50. The van der Waals surface area contributed by atoms with Crippen LogP contribution in [0.15, 0.2) is 78.3 Å². The maximum Gasteiger partial charge on any atom is 0.446 e. The first-order valence-electron chi connectivity index (χ1n) is 10.5. The number of nitrogens with one attached hydrogen (secondary N) is 2. The minimum absolute atomic E-state index is 0. The van der Waals surface area contributed by atoms with Gasteiger partial charge in [-0.3, -0.25) is 14.6 Å². The number of aryl methyl sites for hydroxylation is 1. The Morgan fingerprint density at radius 2 is 1.92 bits per heavy atom. The maximum absolute atomic E-state index is 12.5. The summed E-state index contributed by atoms with van der Waals surface area (Å²) < 4.78 is 45.3. The van der Waals surface area contributed by atoms with Crippen LogP contribution in [0.1, 0.15) is 13.3 Å². The molecule has 0 aliphatic heterocycles. The van der Waals surface area contributed by atoms with Crippen LogP contribution in [0.2, 0.25) is 0 Å². The molecule has 0 atom stereocenters. The molecule has 0 saturated carbocycles. The van der Waals surface area contributed by atoms with Crippen LogP contribution in [-0.2, 0) is 11.9 Å². The molecule has 0 fully saturated rings. The van der Waals surface area contributed by atoms with E-state index in [-0.39, 0.29) is 31.8 Å². The number of benzene rings is 2. The lowest BCUT2D eigenvalue weighted by molar-refractivity contribution is -0.0328. The highest BCUT2D eigenvalue weighted by molar-refractivity contribution is 8.00. The largest absolute Gasteiger partial charge is 0.457 e. The minimum atomic E-state index is -4.34. The third kappa shape index (κ3) is 6.34. The predicted octanol–water partition coefficient (Wildman–Crippen LogP) is 6.46. The van der Waals surface area contributed by atoms with Crippen molar-refractivity contribution in [2.24, 2.45) is 7.05 Å². The highest BCUT2D eigenvalue weighted by Crippen LogP contribution is 2.37. The zero-order valence-corrected chi connectivity index (χ0v) is 19.7. The molecule has 0 bridgehead atoms. The van der Waals surface area contributed by atoms with E-state index in [9.17, 15) is 18.0 Å². The summed E-state index contributed by atoms with van der Waals surface area (Å²) >= 11 is -0.167. The van der Waals surface area contributed by atoms with E-state index in [0.717, 1.165) is 5.52 Å². The molecule has 2 heterocycles. The summed E-state index contributed by atoms with van der Waals surface area (Å²) in [5.74, 6) is 0.856. The zero-order chi connectivity index (χ0) is 25.7. The second-order valence-corrected chi connectivity index (χ2v) is 8.49. The van der Waals surface area contributed by atoms with Gasteiger partial charge in [-0.25, -0.2) is 10.5 Å². The van der Waals surface area contributed by atoms with Gasteiger partial charge in [-0.2, -0.15) is 13.2 Å². The van der Waals surface area contributed by atoms with Gasteiger partial charge in [-0.1, -0.05) is 6.08 Å². The van der Waals surface area contributed by atoms with E-state index in [1.165, 1.54) is 30.5 Å². The number of hydrogen-bond acceptors (Lipinski definition) is 7. The fourth-order valence-electron chi connectivity index (χ4n) is 3.18. The molecular formula is C24H24F3N5O3S. The molecule has 2 aromatic carbocycles. The van der Waals surface area contributed by atoms with Gasteiger partial charge in [0.05, 0.1) is 17.6 Å². The van der Waals surface area contributed by atoms with Gasteiger partial charge in [-0.15, -0.1) is 6.58 Å². The summed E-state index contributed by atoms with van der Waals surface area (Å²) in [6.45, 7) is 3.65. The SMILES string of the molecule is C=CCONC(=O)c1cc(Oc2ccc3c(c2)nc(Nc2ccc(SC(F)(F)F)cc2)n3C)ccn1.[HH].[HH]. The van der Waals surface area contributed by atoms with E-state index in [0.29, 0.717) is 28.7 Å². The van der Waals surface area contributed by atoms with E-state index in [1.807, 2.05) is 17.7 Å². The lowest BCUT2D eigenvalue weighted by Gasteiger charge is -2.09. The Morgan fingerprint density at radius 3 is 2.64 bits per heavy atom. The van der Waals surface area contributed by atoms with Crippen LogP contribution >= 0.6 is 11.8 Å². The smallest absolute Gasteiger partial charge is 0.446 e. The standard InChI is InChI=1S/C24H20F3N5O3S.2H2/c1-3-12-34-31-22(33)20-14-17(10-11-28-20)35-16-6-9-21-19(13-16)30-23(32(21)2)29-15-4-7-18(8-5-15)36-24(25,26)27;;/h3-11,13-14H,1,12H2,2H3,(H,29,30)(H,31,33);2*1H. The normalized spacial score (nSPS) is 11.3. The topological polar surface area (TPSA) is 90.3 Å². The number of halogens is 3. The van der Waals surface area contributed by atoms with E-state index in [1.54, 1.807) is 30.3 Å². The molecule has 190 valence electrons. The summed E-state index contributed by atoms with van der Waals surface area (Å²) in [5.41, 5.74) is 0.0666. The van der Waals surface area contributed by atoms with Gasteiger partial charge >= 0.3 is 5.51 Å². The number of hydrogen-bond donors (Lipinski definition) is 2. The number of nitrogens with zero attached hydrogens (tertiary/aromatic N) is 3. The van der Waals surface area contributed by atoms with E-state index < -0.39 is 11.4 Å². The summed E-state index contributed by atoms with van der Waals surface area (Å²) in [5, 5.41) is 3.11. The average Bonchev–Trinajstić information content (AvgIpc) is 3.14. The molecule has 8 nitrogen and oxygen atoms in total. The molecule has 12 heteroatoms. The van der Waals surface area contributed by atoms with Crippen molar-refractivity contribution < 1.29 is 30.4 Å². The van der Waals surface area contributed by atoms with E-state index >= 15 is 0 Å². The molecule has 0 saturated heterocycles. The molecule has 0 unspecified atom stereocenters. The van der Waals surface area contributed by atoms with Crippen molar-refractivity contribution in [1.82, 2.24) is 20.0 Å². The van der Waals surface area contributed by atoms with Gasteiger partial charge in [0.15, 0.2) is 0 Å². The number of imidazole rings is 1. The summed E-state index contributed by atoms with van der Waals surface area (Å²) in [7, 11) is 1.81. The quantitative estimate of drug-likeness (QED) is 0.114. The summed E-state index contributed by atoms with van der Waals surface area (Å²) in [6, 6.07) is 14.3. The monoisotopic (exact) mass is 519 g/mol. The van der Waals surface area contributed by atoms with Crippen molar-refractivity contribution >= 4 is 40.3 Å². The van der Waals surface area contributed by atoms with Gasteiger partial charge < -0.3 is 14.6 Å². The van der Waals surface area contributed by atoms with Gasteiger partial charge in [0.2, 0.25) is 5.95 Å². The number of fused-ring (bicyclic) bond motifs is 1. The van der Waals surface area contributed by atoms with Crippen LogP contribution in [0.3, 0.4) is 0 Å². The minimum Gasteiger partial charge on any atom is -0.457 e. The average molecular weight is 520 g/mol. The van der Waals surface area contributed by atoms with E-state index in [2.05, 4.69) is 27.3 Å². The molecule has 4 aromatic rings. The number of anilines is 2. The summed E-state index contributed by atoms with van der Waals surface area (Å²) in [4.78, 5) is 25.7. The molecular weight excluding hydrogens is 495 g/mol. The Bertz CT molecular complexity index is 1400. The molecule has 2 N–H and O–H groups in total. The van der Waals surface area contributed by atoms with Gasteiger partial charge in [-0.05, 0) is 54.2 Å². The van der Waals surface area contributed by atoms with Crippen molar-refractivity contribution in [2.75, 3.05) is 11.9 Å². The Labute approximate surface area is 211 Å². The zero-order valence-electron chi connectivity index (χ0n) is 18.9. The lowest BCUT2D eigenvalue weighted by atomic mass is 10.3. The van der Waals surface area contributed by atoms with Crippen molar-refractivity contribution in [1.29, 1.82) is 0 Å². The lowest BCUT2D eigenvalue weighted by Crippen LogP contribution is -2.24. The Balaban J connectivity index is 0.00000253. The highest BCUT2D eigenvalue weighted by Gasteiger charge is 2.29. The van der Waals surface area contributed by atoms with Crippen LogP contribution in [0.5, 0.6) is 11.5 Å². The first kappa shape index (κ1) is 25.1. The molecule has 36 heavy (non-hydrogen) atoms. The van der Waals surface area contributed by atoms with Crippen LogP contribution in [0.25, 0.3) is 11.0 Å². The van der Waals surface area contributed by atoms with Gasteiger partial charge in [0, 0.05) is 38.8 Å². The molecule has 0 spiro atoms. The molecule has 1 amide bonds. The van der Waals surface area contributed by atoms with Crippen LogP contribution in [0, 0.1) is 0 Å². The Hall–Kier alpha value is -4.03. The number of carbonyl (C=O) groups excluding carboxylic acids is 1. The molecule has 0 aliphatic rings. The Kier molecular flexibility index (Phi) is 7.46. The molecule has 2 aromatic heterocycles. The first-order valence-corrected chi connectivity index (χ1v) is 11.3. The van der Waals surface area contributed by atoms with Crippen LogP contribution in [0.4, 0.5) is 24.8 Å². The van der Waals surface area contributed by atoms with Crippen molar-refractivity contribution in [3.63, 3.8) is 0 Å². The fraction of sp³-hybridized carbons (Fsp3) is 0.125. The number of carbonyl (C=O) groups is 1. The Morgan fingerprint density at radius 1 is 1.17 bits per heavy atom. The number of rotatable bonds is 9. The van der Waals surface area contributed by atoms with Crippen molar-refractivity contribution in [3.05, 3.63) is 79.1 Å². The second kappa shape index (κ2) is 10.7. The van der Waals surface area contributed by atoms with E-state index in [4.69, 9.17) is 9.57 Å². The highest BCUT2D eigenvalue weighted by atomic mass is 32.2. The summed E-state index contributed by atoms with van der Waals surface area (Å²) in [6.07, 6.45) is 2.94. The maximum atomic E-state index is 12.5. The fourth-order valence-corrected chi connectivity index (χ4v) is 3.72. The number of amides is 1. The number of ether oxygens (including phenoxy) is 1. The predicted molar refractivity (Wildman–Crippen MR) is 135 cm³/mol. The number of alkyl halides is 3. The third-order valence-electron chi connectivity index (χ3n) is 4.76. The number of aromatic nitrogens is 3. The van der Waals surface area contributed by atoms with Crippen LogP contribution < -0.4 is 15.5 Å². The number of thioether (sulfide) groups is 1. The van der Waals surface area contributed by atoms with Crippen LogP contribution in [-0.4, -0.2) is 32.6 Å². The number of hydroxylamine groups is 1. The molecule has 4 rings (SSSR count). The molecule has 0 aliphatic carbocycles. The van der Waals surface area contributed by atoms with Gasteiger partial charge in [0.1, 0.15) is 17.2 Å². The molecule has 0 radical (unpaired) electrons. The first-order chi connectivity index (χ1) is 17.2.